The molecule has 55 heavy (non-hydrogen) atoms. The maximum absolute atomic E-state index is 13.6. The number of carbonyl (C=O) groups excluding carboxylic acids is 1. The molecule has 0 spiro atoms. The number of carbonyl (C=O) groups is 1. The average molecular weight is 814 g/mol. The zero-order chi connectivity index (χ0) is 38.2. The first-order chi connectivity index (χ1) is 26.6. The lowest BCUT2D eigenvalue weighted by Crippen LogP contribution is -2.54. The summed E-state index contributed by atoms with van der Waals surface area (Å²) in [6.07, 6.45) is 1.66. The highest BCUT2D eigenvalue weighted by Crippen LogP contribution is 2.37. The Labute approximate surface area is 331 Å². The second-order valence-electron chi connectivity index (χ2n) is 13.9. The van der Waals surface area contributed by atoms with Crippen molar-refractivity contribution < 1.29 is 21.6 Å². The minimum Gasteiger partial charge on any atom is -0.370 e. The zero-order valence-electron chi connectivity index (χ0n) is 29.9. The summed E-state index contributed by atoms with van der Waals surface area (Å²) in [7, 11) is -8.60. The largest absolute Gasteiger partial charge is 0.370 e. The van der Waals surface area contributed by atoms with Crippen molar-refractivity contribution in [2.75, 3.05) is 48.8 Å². The molecule has 0 aromatic heterocycles. The Bertz CT molecular complexity index is 2450. The van der Waals surface area contributed by atoms with Crippen LogP contribution < -0.4 is 14.9 Å². The third-order valence-electron chi connectivity index (χ3n) is 10.4. The SMILES string of the molecule is O=C(NS(=O)(=O)c1cc2c(cc1Cl)NCN(CCSc1ccccc1)S2(=O)=O)c1ccc2c(c1)CCC1CN(Cc3ccccc3-c3ccccc3)CCN21. The van der Waals surface area contributed by atoms with Crippen LogP contribution in [0, 0.1) is 0 Å². The van der Waals surface area contributed by atoms with Crippen LogP contribution >= 0.6 is 23.4 Å². The van der Waals surface area contributed by atoms with Gasteiger partial charge in [0.2, 0.25) is 10.0 Å². The summed E-state index contributed by atoms with van der Waals surface area (Å²) in [6, 6.07) is 36.6. The quantitative estimate of drug-likeness (QED) is 0.145. The van der Waals surface area contributed by atoms with Gasteiger partial charge in [0.05, 0.1) is 17.4 Å². The van der Waals surface area contributed by atoms with Gasteiger partial charge in [-0.1, -0.05) is 84.4 Å². The molecule has 0 radical (unpaired) electrons. The smallest absolute Gasteiger partial charge is 0.265 e. The van der Waals surface area contributed by atoms with E-state index in [2.05, 4.69) is 68.4 Å². The van der Waals surface area contributed by atoms with Crippen LogP contribution in [0.1, 0.15) is 27.9 Å². The van der Waals surface area contributed by atoms with Gasteiger partial charge >= 0.3 is 0 Å². The number of hydrogen-bond donors (Lipinski definition) is 2. The summed E-state index contributed by atoms with van der Waals surface area (Å²) < 4.78 is 57.9. The predicted molar refractivity (Wildman–Crippen MR) is 219 cm³/mol. The summed E-state index contributed by atoms with van der Waals surface area (Å²) in [6.45, 7) is 3.72. The highest BCUT2D eigenvalue weighted by Gasteiger charge is 2.36. The van der Waals surface area contributed by atoms with Crippen LogP contribution in [0.25, 0.3) is 11.1 Å². The third kappa shape index (κ3) is 7.87. The van der Waals surface area contributed by atoms with Gasteiger partial charge in [0.1, 0.15) is 9.79 Å². The van der Waals surface area contributed by atoms with Crippen LogP contribution in [-0.2, 0) is 33.0 Å². The van der Waals surface area contributed by atoms with E-state index in [1.165, 1.54) is 38.8 Å². The molecule has 2 N–H and O–H groups in total. The molecule has 10 nitrogen and oxygen atoms in total. The number of fused-ring (bicyclic) bond motifs is 4. The van der Waals surface area contributed by atoms with Gasteiger partial charge in [-0.05, 0) is 77.6 Å². The summed E-state index contributed by atoms with van der Waals surface area (Å²) >= 11 is 7.94. The first kappa shape index (κ1) is 37.5. The molecule has 5 aromatic rings. The van der Waals surface area contributed by atoms with E-state index in [-0.39, 0.29) is 34.4 Å². The molecule has 3 heterocycles. The Kier molecular flexibility index (Phi) is 10.7. The van der Waals surface area contributed by atoms with Gasteiger partial charge in [-0.3, -0.25) is 9.69 Å². The molecule has 3 aliphatic rings. The Hall–Kier alpha value is -4.37. The molecule has 1 saturated heterocycles. The van der Waals surface area contributed by atoms with Crippen molar-refractivity contribution >= 4 is 60.7 Å². The number of thioether (sulfide) groups is 1. The second-order valence-corrected chi connectivity index (χ2v) is 19.0. The van der Waals surface area contributed by atoms with Gasteiger partial charge in [0, 0.05) is 60.7 Å². The van der Waals surface area contributed by atoms with Crippen LogP contribution in [0.15, 0.2) is 130 Å². The highest BCUT2D eigenvalue weighted by atomic mass is 35.5. The second kappa shape index (κ2) is 15.6. The molecule has 0 bridgehead atoms. The molecule has 0 saturated carbocycles. The molecule has 5 aromatic carbocycles. The van der Waals surface area contributed by atoms with Crippen LogP contribution in [0.3, 0.4) is 0 Å². The van der Waals surface area contributed by atoms with E-state index in [4.69, 9.17) is 11.6 Å². The summed E-state index contributed by atoms with van der Waals surface area (Å²) in [5, 5.41) is 2.84. The van der Waals surface area contributed by atoms with Crippen LogP contribution in [0.5, 0.6) is 0 Å². The monoisotopic (exact) mass is 813 g/mol. The minimum absolute atomic E-state index is 0.0158. The van der Waals surface area contributed by atoms with Gasteiger partial charge in [-0.25, -0.2) is 21.6 Å². The number of anilines is 2. The van der Waals surface area contributed by atoms with Crippen molar-refractivity contribution in [2.24, 2.45) is 0 Å². The van der Waals surface area contributed by atoms with Gasteiger partial charge in [-0.2, -0.15) is 4.31 Å². The summed E-state index contributed by atoms with van der Waals surface area (Å²) in [4.78, 5) is 18.7. The number of aryl methyl sites for hydroxylation is 1. The third-order valence-corrected chi connectivity index (χ3v) is 15.1. The van der Waals surface area contributed by atoms with E-state index in [1.807, 2.05) is 42.5 Å². The molecule has 1 unspecified atom stereocenters. The molecule has 3 aliphatic heterocycles. The normalized spacial score (nSPS) is 18.1. The number of piperazine rings is 1. The molecule has 14 heteroatoms. The molecule has 284 valence electrons. The van der Waals surface area contributed by atoms with Crippen molar-refractivity contribution in [1.82, 2.24) is 13.9 Å². The Balaban J connectivity index is 0.932. The molecule has 1 amide bonds. The zero-order valence-corrected chi connectivity index (χ0v) is 33.1. The fourth-order valence-corrected chi connectivity index (χ4v) is 11.8. The Morgan fingerprint density at radius 2 is 1.65 bits per heavy atom. The van der Waals surface area contributed by atoms with E-state index in [0.29, 0.717) is 11.8 Å². The fourth-order valence-electron chi connectivity index (χ4n) is 7.66. The first-order valence-electron chi connectivity index (χ1n) is 18.1. The molecule has 0 aliphatic carbocycles. The maximum Gasteiger partial charge on any atom is 0.265 e. The van der Waals surface area contributed by atoms with Gasteiger partial charge in [-0.15, -0.1) is 11.8 Å². The standard InChI is InChI=1S/C41H40ClN5O5S3/c42-36-24-37-40(55(51,52)46(28-43-37)21-22-53-34-12-5-2-6-13-34)25-39(36)54(49,50)44-41(48)31-16-18-38-30(23-31)15-17-33-27-45(19-20-47(33)38)26-32-11-7-8-14-35(32)29-9-3-1-4-10-29/h1-14,16,18,23-25,33,43H,15,17,19-22,26-28H2,(H,44,48). The van der Waals surface area contributed by atoms with Crippen molar-refractivity contribution in [1.29, 1.82) is 0 Å². The number of hydrogen-bond acceptors (Lipinski definition) is 9. The van der Waals surface area contributed by atoms with E-state index in [1.54, 1.807) is 12.1 Å². The first-order valence-corrected chi connectivity index (χ1v) is 22.4. The lowest BCUT2D eigenvalue weighted by Gasteiger charge is -2.46. The minimum atomic E-state index is -4.55. The number of halogens is 1. The van der Waals surface area contributed by atoms with E-state index in [0.717, 1.165) is 61.2 Å². The Morgan fingerprint density at radius 1 is 0.909 bits per heavy atom. The van der Waals surface area contributed by atoms with E-state index in [9.17, 15) is 21.6 Å². The van der Waals surface area contributed by atoms with Crippen molar-refractivity contribution in [2.45, 2.75) is 40.1 Å². The molecular weight excluding hydrogens is 774 g/mol. The molecular formula is C41H40ClN5O5S3. The lowest BCUT2D eigenvalue weighted by atomic mass is 9.92. The summed E-state index contributed by atoms with van der Waals surface area (Å²) in [5.41, 5.74) is 6.20. The van der Waals surface area contributed by atoms with Crippen molar-refractivity contribution in [3.8, 4) is 11.1 Å². The fraction of sp³-hybridized carbons (Fsp3) is 0.244. The molecule has 8 rings (SSSR count). The maximum atomic E-state index is 13.6. The topological polar surface area (TPSA) is 119 Å². The number of nitrogens with one attached hydrogen (secondary N) is 2. The number of benzene rings is 5. The molecule has 1 fully saturated rings. The van der Waals surface area contributed by atoms with E-state index < -0.39 is 30.8 Å². The number of nitrogens with zero attached hydrogens (tertiary/aromatic N) is 3. The number of rotatable bonds is 10. The Morgan fingerprint density at radius 3 is 2.45 bits per heavy atom. The van der Waals surface area contributed by atoms with E-state index >= 15 is 0 Å². The molecule has 1 atom stereocenters. The summed E-state index contributed by atoms with van der Waals surface area (Å²) in [5.74, 6) is -0.321. The average Bonchev–Trinajstić information content (AvgIpc) is 3.19. The predicted octanol–water partition coefficient (Wildman–Crippen LogP) is 6.93. The van der Waals surface area contributed by atoms with Crippen LogP contribution in [-0.4, -0.2) is 76.6 Å². The number of amides is 1. The van der Waals surface area contributed by atoms with Gasteiger partial charge in [0.25, 0.3) is 15.9 Å². The lowest BCUT2D eigenvalue weighted by molar-refractivity contribution is 0.0981. The van der Waals surface area contributed by atoms with Gasteiger partial charge in [0.15, 0.2) is 0 Å². The van der Waals surface area contributed by atoms with Crippen LogP contribution in [0.2, 0.25) is 5.02 Å². The van der Waals surface area contributed by atoms with Gasteiger partial charge < -0.3 is 10.2 Å². The van der Waals surface area contributed by atoms with Crippen molar-refractivity contribution in [3.05, 3.63) is 137 Å². The highest BCUT2D eigenvalue weighted by molar-refractivity contribution is 7.99. The van der Waals surface area contributed by atoms with Crippen LogP contribution in [0.4, 0.5) is 11.4 Å². The number of sulfonamides is 2. The van der Waals surface area contributed by atoms with Crippen molar-refractivity contribution in [3.63, 3.8) is 0 Å².